The van der Waals surface area contributed by atoms with E-state index in [0.717, 1.165) is 42.9 Å². The molecule has 144 valence electrons. The smallest absolute Gasteiger partial charge is 0.124 e. The van der Waals surface area contributed by atoms with Gasteiger partial charge >= 0.3 is 0 Å². The molecule has 0 amide bonds. The molecule has 2 saturated heterocycles. The monoisotopic (exact) mass is 369 g/mol. The molecule has 2 aromatic carbocycles. The highest BCUT2D eigenvalue weighted by molar-refractivity contribution is 5.43. The number of nitrogens with one attached hydrogen (secondary N) is 2. The van der Waals surface area contributed by atoms with E-state index in [4.69, 9.17) is 19.9 Å². The lowest BCUT2D eigenvalue weighted by atomic mass is 10.0. The van der Waals surface area contributed by atoms with Gasteiger partial charge in [0.2, 0.25) is 0 Å². The molecule has 0 spiro atoms. The van der Waals surface area contributed by atoms with E-state index < -0.39 is 0 Å². The highest BCUT2D eigenvalue weighted by atomic mass is 16.5. The van der Waals surface area contributed by atoms with Crippen molar-refractivity contribution in [3.05, 3.63) is 54.1 Å². The number of hydrogen-bond acceptors (Lipinski definition) is 6. The zero-order valence-electron chi connectivity index (χ0n) is 15.4. The third-order valence-electron chi connectivity index (χ3n) is 5.03. The highest BCUT2D eigenvalue weighted by Crippen LogP contribution is 2.31. The van der Waals surface area contributed by atoms with Crippen molar-refractivity contribution in [3.8, 4) is 11.5 Å². The number of nitrogens with two attached hydrogens (primary N) is 1. The first-order chi connectivity index (χ1) is 13.3. The number of anilines is 1. The summed E-state index contributed by atoms with van der Waals surface area (Å²) in [5, 5.41) is 0. The molecule has 27 heavy (non-hydrogen) atoms. The van der Waals surface area contributed by atoms with Crippen molar-refractivity contribution in [1.82, 2.24) is 10.9 Å². The molecular weight excluding hydrogens is 342 g/mol. The van der Waals surface area contributed by atoms with Gasteiger partial charge in [-0.1, -0.05) is 24.3 Å². The van der Waals surface area contributed by atoms with E-state index in [1.54, 1.807) is 0 Å². The second-order valence-corrected chi connectivity index (χ2v) is 7.14. The molecule has 0 bridgehead atoms. The predicted octanol–water partition coefficient (Wildman–Crippen LogP) is 2.81. The van der Waals surface area contributed by atoms with Crippen LogP contribution in [0.25, 0.3) is 0 Å². The maximum absolute atomic E-state index is 6.07. The van der Waals surface area contributed by atoms with Crippen LogP contribution in [0.4, 0.5) is 5.69 Å². The largest absolute Gasteiger partial charge is 0.492 e. The number of nitrogen functional groups attached to an aromatic ring is 1. The minimum absolute atomic E-state index is 0.181. The van der Waals surface area contributed by atoms with Crippen molar-refractivity contribution in [3.63, 3.8) is 0 Å². The topological polar surface area (TPSA) is 77.8 Å². The quantitative estimate of drug-likeness (QED) is 0.652. The molecule has 2 heterocycles. The Morgan fingerprint density at radius 3 is 2.81 bits per heavy atom. The Labute approximate surface area is 160 Å². The first kappa shape index (κ1) is 18.1. The summed E-state index contributed by atoms with van der Waals surface area (Å²) < 4.78 is 17.6. The van der Waals surface area contributed by atoms with Gasteiger partial charge in [0.25, 0.3) is 0 Å². The second kappa shape index (κ2) is 8.61. The van der Waals surface area contributed by atoms with Crippen LogP contribution in [0.3, 0.4) is 0 Å². The first-order valence-corrected chi connectivity index (χ1v) is 9.60. The van der Waals surface area contributed by atoms with E-state index in [1.807, 2.05) is 42.5 Å². The molecule has 0 saturated carbocycles. The van der Waals surface area contributed by atoms with Crippen LogP contribution in [0.5, 0.6) is 11.5 Å². The lowest BCUT2D eigenvalue weighted by Gasteiger charge is -2.18. The van der Waals surface area contributed by atoms with Crippen LogP contribution in [0.2, 0.25) is 0 Å². The van der Waals surface area contributed by atoms with E-state index in [9.17, 15) is 0 Å². The zero-order valence-corrected chi connectivity index (χ0v) is 15.4. The van der Waals surface area contributed by atoms with Crippen LogP contribution in [0.1, 0.15) is 30.9 Å². The fourth-order valence-electron chi connectivity index (χ4n) is 3.59. The summed E-state index contributed by atoms with van der Waals surface area (Å²) in [4.78, 5) is 0. The van der Waals surface area contributed by atoms with E-state index in [1.165, 1.54) is 0 Å². The Kier molecular flexibility index (Phi) is 5.77. The standard InChI is InChI=1S/C21H27N3O3/c22-15-5-3-6-17(11-15)26-13-16-12-20(24-23-16)19-8-1-2-9-21(19)27-14-18-7-4-10-25-18/h1-3,5-6,8-9,11,16,18,20,23-24H,4,7,10,12-14,22H2. The number of ether oxygens (including phenoxy) is 3. The molecule has 4 N–H and O–H groups in total. The van der Waals surface area contributed by atoms with Crippen molar-refractivity contribution in [2.75, 3.05) is 25.6 Å². The Balaban J connectivity index is 1.32. The fraction of sp³-hybridized carbons (Fsp3) is 0.429. The van der Waals surface area contributed by atoms with Gasteiger partial charge in [0.05, 0.1) is 18.2 Å². The lowest BCUT2D eigenvalue weighted by Crippen LogP contribution is -2.34. The Hall–Kier alpha value is -2.28. The number of hydrogen-bond donors (Lipinski definition) is 3. The van der Waals surface area contributed by atoms with Gasteiger partial charge in [-0.2, -0.15) is 0 Å². The predicted molar refractivity (Wildman–Crippen MR) is 105 cm³/mol. The summed E-state index contributed by atoms with van der Waals surface area (Å²) >= 11 is 0. The van der Waals surface area contributed by atoms with E-state index in [2.05, 4.69) is 16.9 Å². The average molecular weight is 369 g/mol. The van der Waals surface area contributed by atoms with Gasteiger partial charge in [0.15, 0.2) is 0 Å². The van der Waals surface area contributed by atoms with Crippen molar-refractivity contribution in [2.45, 2.75) is 37.5 Å². The number of benzene rings is 2. The Morgan fingerprint density at radius 1 is 1.04 bits per heavy atom. The van der Waals surface area contributed by atoms with Crippen LogP contribution in [0, 0.1) is 0 Å². The van der Waals surface area contributed by atoms with Crippen molar-refractivity contribution in [2.24, 2.45) is 0 Å². The summed E-state index contributed by atoms with van der Waals surface area (Å²) in [6.07, 6.45) is 3.34. The Bertz CT molecular complexity index is 749. The second-order valence-electron chi connectivity index (χ2n) is 7.14. The van der Waals surface area contributed by atoms with Crippen molar-refractivity contribution >= 4 is 5.69 Å². The fourth-order valence-corrected chi connectivity index (χ4v) is 3.59. The minimum atomic E-state index is 0.181. The van der Waals surface area contributed by atoms with Crippen LogP contribution in [0.15, 0.2) is 48.5 Å². The average Bonchev–Trinajstić information content (AvgIpc) is 3.37. The van der Waals surface area contributed by atoms with Gasteiger partial charge < -0.3 is 19.9 Å². The highest BCUT2D eigenvalue weighted by Gasteiger charge is 2.28. The number of hydrazine groups is 1. The minimum Gasteiger partial charge on any atom is -0.492 e. The van der Waals surface area contributed by atoms with E-state index in [-0.39, 0.29) is 18.2 Å². The van der Waals surface area contributed by atoms with Crippen LogP contribution in [-0.2, 0) is 4.74 Å². The summed E-state index contributed by atoms with van der Waals surface area (Å²) in [6, 6.07) is 16.1. The van der Waals surface area contributed by atoms with Gasteiger partial charge in [-0.25, -0.2) is 5.43 Å². The maximum Gasteiger partial charge on any atom is 0.124 e. The van der Waals surface area contributed by atoms with Gasteiger partial charge in [-0.05, 0) is 37.5 Å². The summed E-state index contributed by atoms with van der Waals surface area (Å²) in [5.74, 6) is 1.71. The Morgan fingerprint density at radius 2 is 1.96 bits per heavy atom. The van der Waals surface area contributed by atoms with Gasteiger partial charge in [0, 0.05) is 23.9 Å². The van der Waals surface area contributed by atoms with E-state index >= 15 is 0 Å². The summed E-state index contributed by atoms with van der Waals surface area (Å²) in [5.41, 5.74) is 14.4. The zero-order chi connectivity index (χ0) is 18.5. The van der Waals surface area contributed by atoms with Crippen LogP contribution < -0.4 is 26.1 Å². The molecule has 2 fully saturated rings. The summed E-state index contributed by atoms with van der Waals surface area (Å²) in [7, 11) is 0. The third-order valence-corrected chi connectivity index (χ3v) is 5.03. The maximum atomic E-state index is 6.07. The molecule has 0 aromatic heterocycles. The van der Waals surface area contributed by atoms with Gasteiger partial charge in [0.1, 0.15) is 24.7 Å². The van der Waals surface area contributed by atoms with Crippen molar-refractivity contribution < 1.29 is 14.2 Å². The number of para-hydroxylation sites is 1. The molecule has 2 aliphatic heterocycles. The van der Waals surface area contributed by atoms with Crippen molar-refractivity contribution in [1.29, 1.82) is 0 Å². The van der Waals surface area contributed by atoms with Gasteiger partial charge in [-0.15, -0.1) is 0 Å². The summed E-state index contributed by atoms with van der Waals surface area (Å²) in [6.45, 7) is 2.03. The number of rotatable bonds is 7. The first-order valence-electron chi connectivity index (χ1n) is 9.60. The van der Waals surface area contributed by atoms with Crippen LogP contribution >= 0.6 is 0 Å². The van der Waals surface area contributed by atoms with E-state index in [0.29, 0.717) is 18.9 Å². The molecule has 0 radical (unpaired) electrons. The molecule has 2 aliphatic rings. The SMILES string of the molecule is Nc1cccc(OCC2CC(c3ccccc3OCC3CCCO3)NN2)c1. The lowest BCUT2D eigenvalue weighted by molar-refractivity contribution is 0.0674. The molecule has 2 aromatic rings. The normalized spacial score (nSPS) is 24.8. The molecule has 4 rings (SSSR count). The van der Waals surface area contributed by atoms with Crippen LogP contribution in [-0.4, -0.2) is 32.0 Å². The molecule has 3 unspecified atom stereocenters. The molecular formula is C21H27N3O3. The molecule has 6 heteroatoms. The molecule has 6 nitrogen and oxygen atoms in total. The molecule has 0 aliphatic carbocycles. The molecule has 3 atom stereocenters. The van der Waals surface area contributed by atoms with Gasteiger partial charge in [-0.3, -0.25) is 5.43 Å². The third kappa shape index (κ3) is 4.71.